The van der Waals surface area contributed by atoms with Gasteiger partial charge in [0.25, 0.3) is 0 Å². The van der Waals surface area contributed by atoms with E-state index in [4.69, 9.17) is 10.00 Å². The topological polar surface area (TPSA) is 36.3 Å². The Balaban J connectivity index is 1.33. The average molecular weight is 387 g/mol. The molecule has 0 unspecified atom stereocenters. The van der Waals surface area contributed by atoms with Gasteiger partial charge in [0, 0.05) is 6.04 Å². The van der Waals surface area contributed by atoms with Gasteiger partial charge in [-0.25, -0.2) is 0 Å². The van der Waals surface area contributed by atoms with Crippen LogP contribution >= 0.6 is 0 Å². The molecule has 29 heavy (non-hydrogen) atoms. The number of nitriles is 1. The zero-order valence-corrected chi connectivity index (χ0v) is 17.3. The summed E-state index contributed by atoms with van der Waals surface area (Å²) >= 11 is 0. The van der Waals surface area contributed by atoms with Gasteiger partial charge in [-0.2, -0.15) is 5.26 Å². The lowest BCUT2D eigenvalue weighted by Gasteiger charge is -2.40. The molecule has 0 spiro atoms. The molecule has 3 fully saturated rings. The first-order chi connectivity index (χ1) is 14.2. The van der Waals surface area contributed by atoms with Gasteiger partial charge >= 0.3 is 0 Å². The number of fused-ring (bicyclic) bond motifs is 2. The zero-order chi connectivity index (χ0) is 19.8. The summed E-state index contributed by atoms with van der Waals surface area (Å²) in [4.78, 5) is 2.80. The molecule has 0 N–H and O–H groups in total. The van der Waals surface area contributed by atoms with Crippen LogP contribution in [-0.2, 0) is 0 Å². The minimum Gasteiger partial charge on any atom is -0.496 e. The molecular formula is C26H30N2O. The molecule has 1 heterocycles. The number of ether oxygens (including phenoxy) is 1. The van der Waals surface area contributed by atoms with E-state index in [1.54, 1.807) is 7.11 Å². The summed E-state index contributed by atoms with van der Waals surface area (Å²) in [7, 11) is 1.78. The fourth-order valence-corrected chi connectivity index (χ4v) is 6.17. The molecule has 0 amide bonds. The van der Waals surface area contributed by atoms with E-state index in [-0.39, 0.29) is 0 Å². The molecule has 0 radical (unpaired) electrons. The van der Waals surface area contributed by atoms with Crippen molar-refractivity contribution in [2.45, 2.75) is 50.5 Å². The fraction of sp³-hybridized carbons (Fsp3) is 0.500. The molecule has 150 valence electrons. The van der Waals surface area contributed by atoms with E-state index in [9.17, 15) is 0 Å². The zero-order valence-electron chi connectivity index (χ0n) is 17.3. The molecule has 2 bridgehead atoms. The van der Waals surface area contributed by atoms with E-state index in [2.05, 4.69) is 29.2 Å². The second-order valence-corrected chi connectivity index (χ2v) is 9.20. The first kappa shape index (κ1) is 18.7. The van der Waals surface area contributed by atoms with Crippen LogP contribution in [0.2, 0.25) is 0 Å². The normalized spacial score (nSPS) is 27.1. The van der Waals surface area contributed by atoms with Gasteiger partial charge in [-0.15, -0.1) is 0 Å². The molecule has 3 nitrogen and oxygen atoms in total. The van der Waals surface area contributed by atoms with Gasteiger partial charge in [0.2, 0.25) is 0 Å². The van der Waals surface area contributed by atoms with E-state index < -0.39 is 0 Å². The van der Waals surface area contributed by atoms with Crippen LogP contribution < -0.4 is 4.74 Å². The lowest BCUT2D eigenvalue weighted by molar-refractivity contribution is 0.110. The summed E-state index contributed by atoms with van der Waals surface area (Å²) in [6, 6.07) is 17.5. The van der Waals surface area contributed by atoms with E-state index in [1.165, 1.54) is 62.7 Å². The van der Waals surface area contributed by atoms with Gasteiger partial charge in [-0.05, 0) is 104 Å². The third-order valence-corrected chi connectivity index (χ3v) is 7.72. The smallest absolute Gasteiger partial charge is 0.122 e. The maximum Gasteiger partial charge on any atom is 0.122 e. The van der Waals surface area contributed by atoms with E-state index in [1.807, 2.05) is 24.3 Å². The highest BCUT2D eigenvalue weighted by Gasteiger charge is 2.43. The molecule has 1 saturated heterocycles. The van der Waals surface area contributed by atoms with Crippen molar-refractivity contribution in [2.24, 2.45) is 11.8 Å². The lowest BCUT2D eigenvalue weighted by atomic mass is 9.85. The van der Waals surface area contributed by atoms with Crippen molar-refractivity contribution in [1.82, 2.24) is 4.90 Å². The molecule has 2 aromatic rings. The monoisotopic (exact) mass is 386 g/mol. The predicted molar refractivity (Wildman–Crippen MR) is 116 cm³/mol. The van der Waals surface area contributed by atoms with Crippen molar-refractivity contribution in [3.05, 3.63) is 53.6 Å². The number of hydrogen-bond acceptors (Lipinski definition) is 3. The van der Waals surface area contributed by atoms with Crippen LogP contribution in [0.25, 0.3) is 11.1 Å². The Morgan fingerprint density at radius 2 is 1.69 bits per heavy atom. The Hall–Kier alpha value is -2.31. The van der Waals surface area contributed by atoms with Crippen molar-refractivity contribution in [2.75, 3.05) is 20.2 Å². The summed E-state index contributed by atoms with van der Waals surface area (Å²) in [5.41, 5.74) is 4.42. The van der Waals surface area contributed by atoms with E-state index >= 15 is 0 Å². The molecule has 3 heteroatoms. The number of hydrogen-bond donors (Lipinski definition) is 0. The maximum absolute atomic E-state index is 9.05. The second-order valence-electron chi connectivity index (χ2n) is 9.20. The fourth-order valence-electron chi connectivity index (χ4n) is 6.17. The van der Waals surface area contributed by atoms with Crippen molar-refractivity contribution in [3.63, 3.8) is 0 Å². The molecule has 2 aromatic carbocycles. The molecule has 5 rings (SSSR count). The first-order valence-electron chi connectivity index (χ1n) is 11.2. The maximum atomic E-state index is 9.05. The molecule has 3 aliphatic rings. The van der Waals surface area contributed by atoms with Crippen LogP contribution in [0.1, 0.15) is 55.6 Å². The predicted octanol–water partition coefficient (Wildman–Crippen LogP) is 5.60. The van der Waals surface area contributed by atoms with Gasteiger partial charge in [-0.3, -0.25) is 0 Å². The molecule has 3 atom stereocenters. The van der Waals surface area contributed by atoms with Gasteiger partial charge in [0.05, 0.1) is 18.7 Å². The molecule has 0 aromatic heterocycles. The van der Waals surface area contributed by atoms with Gasteiger partial charge in [-0.1, -0.05) is 24.6 Å². The molecule has 2 aliphatic carbocycles. The van der Waals surface area contributed by atoms with Crippen molar-refractivity contribution < 1.29 is 4.74 Å². The number of piperidine rings is 1. The highest BCUT2D eigenvalue weighted by Crippen LogP contribution is 2.48. The highest BCUT2D eigenvalue weighted by molar-refractivity contribution is 5.67. The second kappa shape index (κ2) is 7.84. The SMILES string of the molecule is COc1ccc(-c2ccc(C#N)cc2)cc1C1CCN([C@@H]2C[C@H]3CC[C@H]2C3)CC1. The number of likely N-dealkylation sites (tertiary alicyclic amines) is 1. The average Bonchev–Trinajstić information content (AvgIpc) is 3.43. The molecule has 1 aliphatic heterocycles. The Morgan fingerprint density at radius 3 is 2.31 bits per heavy atom. The molecule has 2 saturated carbocycles. The lowest BCUT2D eigenvalue weighted by Crippen LogP contribution is -2.43. The summed E-state index contributed by atoms with van der Waals surface area (Å²) in [6.45, 7) is 2.45. The Bertz CT molecular complexity index is 905. The Morgan fingerprint density at radius 1 is 0.931 bits per heavy atom. The summed E-state index contributed by atoms with van der Waals surface area (Å²) in [6.07, 6.45) is 8.34. The summed E-state index contributed by atoms with van der Waals surface area (Å²) < 4.78 is 5.74. The van der Waals surface area contributed by atoms with Gasteiger partial charge in [0.1, 0.15) is 5.75 Å². The van der Waals surface area contributed by atoms with E-state index in [0.29, 0.717) is 11.5 Å². The first-order valence-corrected chi connectivity index (χ1v) is 11.2. The van der Waals surface area contributed by atoms with Gasteiger partial charge in [0.15, 0.2) is 0 Å². The number of benzene rings is 2. The Kier molecular flexibility index (Phi) is 5.06. The quantitative estimate of drug-likeness (QED) is 0.686. The van der Waals surface area contributed by atoms with E-state index in [0.717, 1.165) is 29.2 Å². The number of methoxy groups -OCH3 is 1. The minimum absolute atomic E-state index is 0.568. The number of rotatable bonds is 4. The summed E-state index contributed by atoms with van der Waals surface area (Å²) in [5, 5.41) is 9.05. The standard InChI is InChI=1S/C26H30N2O/c1-29-26-9-8-22(20-5-2-18(17-27)3-6-20)16-24(26)21-10-12-28(13-11-21)25-15-19-4-7-23(25)14-19/h2-3,5-6,8-9,16,19,21,23,25H,4,7,10-15H2,1H3/t19-,23-,25+/m0/s1. The van der Waals surface area contributed by atoms with Crippen molar-refractivity contribution in [1.29, 1.82) is 5.26 Å². The Labute approximate surface area is 174 Å². The minimum atomic E-state index is 0.568. The van der Waals surface area contributed by atoms with Crippen LogP contribution in [0.3, 0.4) is 0 Å². The largest absolute Gasteiger partial charge is 0.496 e. The van der Waals surface area contributed by atoms with Crippen molar-refractivity contribution >= 4 is 0 Å². The van der Waals surface area contributed by atoms with Gasteiger partial charge < -0.3 is 9.64 Å². The van der Waals surface area contributed by atoms with Crippen LogP contribution in [0.4, 0.5) is 0 Å². The summed E-state index contributed by atoms with van der Waals surface area (Å²) in [5.74, 6) is 3.58. The van der Waals surface area contributed by atoms with Crippen molar-refractivity contribution in [3.8, 4) is 22.9 Å². The third-order valence-electron chi connectivity index (χ3n) is 7.72. The highest BCUT2D eigenvalue weighted by atomic mass is 16.5. The molecular weight excluding hydrogens is 356 g/mol. The number of nitrogens with zero attached hydrogens (tertiary/aromatic N) is 2. The third kappa shape index (κ3) is 3.55. The van der Waals surface area contributed by atoms with Crippen LogP contribution in [-0.4, -0.2) is 31.1 Å². The van der Waals surface area contributed by atoms with Crippen LogP contribution in [0, 0.1) is 23.2 Å². The van der Waals surface area contributed by atoms with Crippen LogP contribution in [0.15, 0.2) is 42.5 Å². The van der Waals surface area contributed by atoms with Crippen LogP contribution in [0.5, 0.6) is 5.75 Å².